The zero-order valence-corrected chi connectivity index (χ0v) is 18.3. The first-order valence-corrected chi connectivity index (χ1v) is 11.6. The second kappa shape index (κ2) is 10.1. The maximum atomic E-state index is 12.9. The second-order valence-electron chi connectivity index (χ2n) is 7.36. The molecule has 1 heterocycles. The van der Waals surface area contributed by atoms with E-state index in [0.29, 0.717) is 38.4 Å². The molecule has 0 bridgehead atoms. The minimum atomic E-state index is -3.64. The molecule has 1 aliphatic rings. The maximum Gasteiger partial charge on any atom is 0.251 e. The molecule has 0 aliphatic carbocycles. The largest absolute Gasteiger partial charge is 0.379 e. The molecule has 2 aromatic rings. The molecule has 2 aromatic carbocycles. The Bertz CT molecular complexity index is 958. The molecule has 0 unspecified atom stereocenters. The van der Waals surface area contributed by atoms with Crippen molar-refractivity contribution < 1.29 is 17.9 Å². The van der Waals surface area contributed by atoms with Crippen molar-refractivity contribution in [3.63, 3.8) is 0 Å². The van der Waals surface area contributed by atoms with E-state index in [-0.39, 0.29) is 10.8 Å². The number of morpholine rings is 1. The van der Waals surface area contributed by atoms with Crippen LogP contribution in [0.15, 0.2) is 53.4 Å². The first kappa shape index (κ1) is 22.3. The lowest BCUT2D eigenvalue weighted by Crippen LogP contribution is -2.40. The average molecular weight is 432 g/mol. The first-order chi connectivity index (χ1) is 14.4. The summed E-state index contributed by atoms with van der Waals surface area (Å²) in [5.41, 5.74) is 2.26. The Balaban J connectivity index is 1.59. The first-order valence-electron chi connectivity index (χ1n) is 10.1. The van der Waals surface area contributed by atoms with Gasteiger partial charge in [-0.2, -0.15) is 4.31 Å². The number of sulfonamides is 1. The second-order valence-corrected chi connectivity index (χ2v) is 9.30. The third kappa shape index (κ3) is 5.38. The number of para-hydroxylation sites is 1. The zero-order valence-electron chi connectivity index (χ0n) is 17.5. The molecule has 1 aliphatic heterocycles. The standard InChI is InChI=1S/C22H29N3O4S/c1-18-9-10-20(30(27,28)25-13-15-29-16-14-25)17-21(18)22(26)23-11-6-12-24(2)19-7-4-3-5-8-19/h3-5,7-10,17H,6,11-16H2,1-2H3,(H,23,26). The van der Waals surface area contributed by atoms with Crippen molar-refractivity contribution in [2.75, 3.05) is 51.3 Å². The third-order valence-electron chi connectivity index (χ3n) is 5.21. The van der Waals surface area contributed by atoms with Gasteiger partial charge in [0.05, 0.1) is 18.1 Å². The fraction of sp³-hybridized carbons (Fsp3) is 0.409. The summed E-state index contributed by atoms with van der Waals surface area (Å²) in [6, 6.07) is 14.8. The molecule has 1 fully saturated rings. The summed E-state index contributed by atoms with van der Waals surface area (Å²) in [7, 11) is -1.62. The average Bonchev–Trinajstić information content (AvgIpc) is 2.77. The van der Waals surface area contributed by atoms with Crippen molar-refractivity contribution in [3.8, 4) is 0 Å². The minimum Gasteiger partial charge on any atom is -0.379 e. The number of rotatable bonds is 8. The number of benzene rings is 2. The van der Waals surface area contributed by atoms with E-state index >= 15 is 0 Å². The van der Waals surface area contributed by atoms with E-state index in [0.717, 1.165) is 24.2 Å². The smallest absolute Gasteiger partial charge is 0.251 e. The van der Waals surface area contributed by atoms with Crippen molar-refractivity contribution in [1.82, 2.24) is 9.62 Å². The highest BCUT2D eigenvalue weighted by molar-refractivity contribution is 7.89. The van der Waals surface area contributed by atoms with Crippen LogP contribution in [0.4, 0.5) is 5.69 Å². The highest BCUT2D eigenvalue weighted by atomic mass is 32.2. The predicted octanol–water partition coefficient (Wildman–Crippen LogP) is 2.27. The SMILES string of the molecule is Cc1ccc(S(=O)(=O)N2CCOCC2)cc1C(=O)NCCCN(C)c1ccccc1. The van der Waals surface area contributed by atoms with Crippen molar-refractivity contribution in [2.24, 2.45) is 0 Å². The molecule has 30 heavy (non-hydrogen) atoms. The molecule has 0 atom stereocenters. The molecule has 1 N–H and O–H groups in total. The van der Waals surface area contributed by atoms with Crippen LogP contribution >= 0.6 is 0 Å². The Morgan fingerprint density at radius 2 is 1.83 bits per heavy atom. The lowest BCUT2D eigenvalue weighted by molar-refractivity contribution is 0.0730. The number of anilines is 1. The Morgan fingerprint density at radius 3 is 2.53 bits per heavy atom. The van der Waals surface area contributed by atoms with Gasteiger partial charge in [0.15, 0.2) is 0 Å². The Morgan fingerprint density at radius 1 is 1.13 bits per heavy atom. The number of aryl methyl sites for hydroxylation is 1. The molecular formula is C22H29N3O4S. The van der Waals surface area contributed by atoms with E-state index in [1.165, 1.54) is 10.4 Å². The van der Waals surface area contributed by atoms with Crippen LogP contribution in [0.2, 0.25) is 0 Å². The molecule has 0 saturated carbocycles. The van der Waals surface area contributed by atoms with E-state index in [2.05, 4.69) is 10.2 Å². The molecular weight excluding hydrogens is 402 g/mol. The number of carbonyl (C=O) groups is 1. The van der Waals surface area contributed by atoms with E-state index in [4.69, 9.17) is 4.74 Å². The number of hydrogen-bond acceptors (Lipinski definition) is 5. The number of amides is 1. The lowest BCUT2D eigenvalue weighted by Gasteiger charge is -2.26. The van der Waals surface area contributed by atoms with Crippen LogP contribution < -0.4 is 10.2 Å². The van der Waals surface area contributed by atoms with Gasteiger partial charge in [-0.15, -0.1) is 0 Å². The maximum absolute atomic E-state index is 12.9. The van der Waals surface area contributed by atoms with E-state index in [1.54, 1.807) is 12.1 Å². The van der Waals surface area contributed by atoms with Crippen LogP contribution in [0.25, 0.3) is 0 Å². The van der Waals surface area contributed by atoms with Gasteiger partial charge in [0.1, 0.15) is 0 Å². The van der Waals surface area contributed by atoms with Crippen molar-refractivity contribution >= 4 is 21.6 Å². The highest BCUT2D eigenvalue weighted by Crippen LogP contribution is 2.20. The van der Waals surface area contributed by atoms with Gasteiger partial charge in [0.25, 0.3) is 5.91 Å². The topological polar surface area (TPSA) is 78.9 Å². The third-order valence-corrected chi connectivity index (χ3v) is 7.11. The van der Waals surface area contributed by atoms with Gasteiger partial charge < -0.3 is 15.0 Å². The molecule has 162 valence electrons. The van der Waals surface area contributed by atoms with Crippen molar-refractivity contribution in [1.29, 1.82) is 0 Å². The van der Waals surface area contributed by atoms with Gasteiger partial charge in [-0.25, -0.2) is 8.42 Å². The van der Waals surface area contributed by atoms with Crippen LogP contribution in [0.3, 0.4) is 0 Å². The summed E-state index contributed by atoms with van der Waals surface area (Å²) in [6.45, 7) is 4.54. The van der Waals surface area contributed by atoms with Gasteiger partial charge in [0.2, 0.25) is 10.0 Å². The van der Waals surface area contributed by atoms with Gasteiger partial charge in [0, 0.05) is 44.5 Å². The summed E-state index contributed by atoms with van der Waals surface area (Å²) >= 11 is 0. The van der Waals surface area contributed by atoms with Gasteiger partial charge in [-0.05, 0) is 43.2 Å². The molecule has 7 nitrogen and oxygen atoms in total. The molecule has 0 spiro atoms. The van der Waals surface area contributed by atoms with Gasteiger partial charge in [-0.1, -0.05) is 24.3 Å². The Labute approximate surface area is 178 Å². The Hall–Kier alpha value is -2.42. The quantitative estimate of drug-likeness (QED) is 0.649. The summed E-state index contributed by atoms with van der Waals surface area (Å²) in [4.78, 5) is 15.0. The summed E-state index contributed by atoms with van der Waals surface area (Å²) < 4.78 is 32.4. The minimum absolute atomic E-state index is 0.143. The van der Waals surface area contributed by atoms with E-state index < -0.39 is 10.0 Å². The lowest BCUT2D eigenvalue weighted by atomic mass is 10.1. The van der Waals surface area contributed by atoms with Crippen molar-refractivity contribution in [3.05, 3.63) is 59.7 Å². The zero-order chi connectivity index (χ0) is 21.6. The van der Waals surface area contributed by atoms with Gasteiger partial charge in [-0.3, -0.25) is 4.79 Å². The number of nitrogens with one attached hydrogen (secondary N) is 1. The molecule has 8 heteroatoms. The number of nitrogens with zero attached hydrogens (tertiary/aromatic N) is 2. The molecule has 1 saturated heterocycles. The van der Waals surface area contributed by atoms with Crippen LogP contribution in [0.5, 0.6) is 0 Å². The fourth-order valence-corrected chi connectivity index (χ4v) is 4.80. The van der Waals surface area contributed by atoms with E-state index in [1.807, 2.05) is 44.3 Å². The predicted molar refractivity (Wildman–Crippen MR) is 117 cm³/mol. The highest BCUT2D eigenvalue weighted by Gasteiger charge is 2.27. The van der Waals surface area contributed by atoms with Crippen LogP contribution in [-0.4, -0.2) is 65.1 Å². The van der Waals surface area contributed by atoms with Crippen LogP contribution in [0, 0.1) is 6.92 Å². The number of hydrogen-bond donors (Lipinski definition) is 1. The summed E-state index contributed by atoms with van der Waals surface area (Å²) in [6.07, 6.45) is 0.780. The Kier molecular flexibility index (Phi) is 7.47. The fourth-order valence-electron chi connectivity index (χ4n) is 3.37. The van der Waals surface area contributed by atoms with Crippen LogP contribution in [0.1, 0.15) is 22.3 Å². The molecule has 3 rings (SSSR count). The van der Waals surface area contributed by atoms with Gasteiger partial charge >= 0.3 is 0 Å². The van der Waals surface area contributed by atoms with Crippen LogP contribution in [-0.2, 0) is 14.8 Å². The normalized spacial score (nSPS) is 15.0. The van der Waals surface area contributed by atoms with Crippen molar-refractivity contribution in [2.45, 2.75) is 18.2 Å². The number of ether oxygens (including phenoxy) is 1. The number of carbonyl (C=O) groups excluding carboxylic acids is 1. The molecule has 0 radical (unpaired) electrons. The summed E-state index contributed by atoms with van der Waals surface area (Å²) in [5.74, 6) is -0.256. The molecule has 0 aromatic heterocycles. The summed E-state index contributed by atoms with van der Waals surface area (Å²) in [5, 5.41) is 2.91. The van der Waals surface area contributed by atoms with E-state index in [9.17, 15) is 13.2 Å². The molecule has 1 amide bonds. The monoisotopic (exact) mass is 431 g/mol.